The van der Waals surface area contributed by atoms with E-state index in [1.54, 1.807) is 0 Å². The highest BCUT2D eigenvalue weighted by Gasteiger charge is 1.97. The Morgan fingerprint density at radius 2 is 2.29 bits per heavy atom. The first-order valence-corrected chi connectivity index (χ1v) is 4.56. The molecule has 0 atom stereocenters. The van der Waals surface area contributed by atoms with Crippen molar-refractivity contribution < 1.29 is 5.11 Å². The minimum absolute atomic E-state index is 0.143. The van der Waals surface area contributed by atoms with Crippen molar-refractivity contribution >= 4 is 6.08 Å². The molecule has 72 valence electrons. The molecule has 0 radical (unpaired) electrons. The molecule has 2 heteroatoms. The number of hydrogen-bond donors (Lipinski definition) is 1. The van der Waals surface area contributed by atoms with Crippen molar-refractivity contribution in [1.82, 2.24) is 0 Å². The third kappa shape index (κ3) is 2.72. The van der Waals surface area contributed by atoms with Gasteiger partial charge in [0, 0.05) is 6.61 Å². The second-order valence-corrected chi connectivity index (χ2v) is 3.12. The van der Waals surface area contributed by atoms with Gasteiger partial charge in [-0.05, 0) is 25.0 Å². The maximum Gasteiger partial charge on any atom is 0.0997 e. The fourth-order valence-electron chi connectivity index (χ4n) is 1.21. The lowest BCUT2D eigenvalue weighted by Gasteiger charge is -1.99. The quantitative estimate of drug-likeness (QED) is 0.788. The van der Waals surface area contributed by atoms with Crippen molar-refractivity contribution in [1.29, 1.82) is 5.26 Å². The summed E-state index contributed by atoms with van der Waals surface area (Å²) in [5.41, 5.74) is 2.72. The van der Waals surface area contributed by atoms with Crippen LogP contribution in [0.1, 0.15) is 23.1 Å². The monoisotopic (exact) mass is 187 g/mol. The molecule has 0 aliphatic carbocycles. The fraction of sp³-hybridized carbons (Fsp3) is 0.250. The molecule has 0 bridgehead atoms. The smallest absolute Gasteiger partial charge is 0.0997 e. The predicted molar refractivity (Wildman–Crippen MR) is 56.6 cm³/mol. The van der Waals surface area contributed by atoms with Crippen molar-refractivity contribution in [3.63, 3.8) is 0 Å². The topological polar surface area (TPSA) is 44.0 Å². The summed E-state index contributed by atoms with van der Waals surface area (Å²) in [6, 6.07) is 7.83. The fourth-order valence-corrected chi connectivity index (χ4v) is 1.21. The van der Waals surface area contributed by atoms with Crippen molar-refractivity contribution in [2.24, 2.45) is 0 Å². The van der Waals surface area contributed by atoms with Crippen LogP contribution in [-0.4, -0.2) is 11.7 Å². The summed E-state index contributed by atoms with van der Waals surface area (Å²) in [7, 11) is 0. The first-order valence-electron chi connectivity index (χ1n) is 4.56. The van der Waals surface area contributed by atoms with Crippen molar-refractivity contribution in [2.45, 2.75) is 13.3 Å². The number of nitrogens with zero attached hydrogens (tertiary/aromatic N) is 1. The normalized spacial score (nSPS) is 10.4. The van der Waals surface area contributed by atoms with E-state index in [1.807, 2.05) is 37.3 Å². The highest BCUT2D eigenvalue weighted by atomic mass is 16.2. The minimum atomic E-state index is 0.143. The predicted octanol–water partition coefficient (Wildman–Crippen LogP) is 2.26. The summed E-state index contributed by atoms with van der Waals surface area (Å²) in [5.74, 6) is 0. The number of aliphatic hydroxyl groups is 1. The molecule has 0 aliphatic rings. The zero-order valence-corrected chi connectivity index (χ0v) is 8.20. The Morgan fingerprint density at radius 1 is 1.50 bits per heavy atom. The van der Waals surface area contributed by atoms with Crippen LogP contribution in [0, 0.1) is 18.3 Å². The highest BCUT2D eigenvalue weighted by molar-refractivity contribution is 5.58. The Hall–Kier alpha value is -1.59. The van der Waals surface area contributed by atoms with Gasteiger partial charge in [-0.15, -0.1) is 0 Å². The van der Waals surface area contributed by atoms with Gasteiger partial charge in [0.2, 0.25) is 0 Å². The molecule has 0 fully saturated rings. The van der Waals surface area contributed by atoms with Gasteiger partial charge in [0.1, 0.15) is 0 Å². The largest absolute Gasteiger partial charge is 0.396 e. The molecule has 0 aromatic heterocycles. The molecule has 1 rings (SSSR count). The van der Waals surface area contributed by atoms with E-state index in [-0.39, 0.29) is 6.61 Å². The van der Waals surface area contributed by atoms with E-state index in [0.717, 1.165) is 11.1 Å². The summed E-state index contributed by atoms with van der Waals surface area (Å²) >= 11 is 0. The SMILES string of the molecule is Cc1ccc(C#N)c(C=CCCO)c1. The van der Waals surface area contributed by atoms with E-state index in [4.69, 9.17) is 10.4 Å². The van der Waals surface area contributed by atoms with Gasteiger partial charge in [-0.2, -0.15) is 5.26 Å². The Balaban J connectivity index is 2.94. The van der Waals surface area contributed by atoms with Gasteiger partial charge in [0.05, 0.1) is 11.6 Å². The Labute approximate surface area is 84.1 Å². The van der Waals surface area contributed by atoms with Crippen LogP contribution in [0.15, 0.2) is 24.3 Å². The van der Waals surface area contributed by atoms with Crippen LogP contribution in [0.5, 0.6) is 0 Å². The molecule has 0 saturated carbocycles. The molecule has 2 nitrogen and oxygen atoms in total. The average Bonchev–Trinajstić information content (AvgIpc) is 2.19. The maximum absolute atomic E-state index is 8.83. The molecule has 0 amide bonds. The van der Waals surface area contributed by atoms with E-state index in [0.29, 0.717) is 12.0 Å². The van der Waals surface area contributed by atoms with Crippen LogP contribution < -0.4 is 0 Å². The maximum atomic E-state index is 8.83. The molecule has 0 spiro atoms. The summed E-state index contributed by atoms with van der Waals surface area (Å²) < 4.78 is 0. The average molecular weight is 187 g/mol. The van der Waals surface area contributed by atoms with Crippen LogP contribution in [0.4, 0.5) is 0 Å². The molecule has 0 aliphatic heterocycles. The zero-order chi connectivity index (χ0) is 10.4. The number of rotatable bonds is 3. The Bertz CT molecular complexity index is 374. The second kappa shape index (κ2) is 5.21. The molecule has 1 aromatic rings. The molecular weight excluding hydrogens is 174 g/mol. The number of hydrogen-bond acceptors (Lipinski definition) is 2. The third-order valence-electron chi connectivity index (χ3n) is 1.92. The number of aryl methyl sites for hydroxylation is 1. The van der Waals surface area contributed by atoms with Gasteiger partial charge in [-0.1, -0.05) is 29.8 Å². The summed E-state index contributed by atoms with van der Waals surface area (Å²) in [6.45, 7) is 2.13. The summed E-state index contributed by atoms with van der Waals surface area (Å²) in [5, 5.41) is 17.4. The summed E-state index contributed by atoms with van der Waals surface area (Å²) in [6.07, 6.45) is 4.37. The lowest BCUT2D eigenvalue weighted by atomic mass is 10.0. The third-order valence-corrected chi connectivity index (χ3v) is 1.92. The van der Waals surface area contributed by atoms with Gasteiger partial charge >= 0.3 is 0 Å². The first kappa shape index (κ1) is 10.5. The lowest BCUT2D eigenvalue weighted by Crippen LogP contribution is -1.84. The lowest BCUT2D eigenvalue weighted by molar-refractivity contribution is 0.303. The first-order chi connectivity index (χ1) is 6.77. The molecule has 0 unspecified atom stereocenters. The standard InChI is InChI=1S/C12H13NO/c1-10-5-6-12(9-13)11(8-10)4-2-3-7-14/h2,4-6,8,14H,3,7H2,1H3. The molecule has 14 heavy (non-hydrogen) atoms. The van der Waals surface area contributed by atoms with Crippen LogP contribution in [0.2, 0.25) is 0 Å². The van der Waals surface area contributed by atoms with E-state index in [9.17, 15) is 0 Å². The van der Waals surface area contributed by atoms with Crippen molar-refractivity contribution in [3.05, 3.63) is 41.0 Å². The van der Waals surface area contributed by atoms with Crippen LogP contribution in [0.25, 0.3) is 6.08 Å². The zero-order valence-electron chi connectivity index (χ0n) is 8.20. The van der Waals surface area contributed by atoms with Crippen LogP contribution in [-0.2, 0) is 0 Å². The van der Waals surface area contributed by atoms with Crippen molar-refractivity contribution in [2.75, 3.05) is 6.61 Å². The second-order valence-electron chi connectivity index (χ2n) is 3.12. The number of aliphatic hydroxyl groups excluding tert-OH is 1. The molecule has 0 saturated heterocycles. The van der Waals surface area contributed by atoms with Crippen LogP contribution in [0.3, 0.4) is 0 Å². The van der Waals surface area contributed by atoms with Crippen LogP contribution >= 0.6 is 0 Å². The van der Waals surface area contributed by atoms with Gasteiger partial charge in [-0.25, -0.2) is 0 Å². The van der Waals surface area contributed by atoms with Gasteiger partial charge < -0.3 is 5.11 Å². The number of nitriles is 1. The summed E-state index contributed by atoms with van der Waals surface area (Å²) in [4.78, 5) is 0. The molecule has 1 N–H and O–H groups in total. The van der Waals surface area contributed by atoms with E-state index >= 15 is 0 Å². The Kier molecular flexibility index (Phi) is 3.90. The molecule has 1 aromatic carbocycles. The molecule has 0 heterocycles. The Morgan fingerprint density at radius 3 is 2.93 bits per heavy atom. The number of benzene rings is 1. The minimum Gasteiger partial charge on any atom is -0.396 e. The van der Waals surface area contributed by atoms with Gasteiger partial charge in [-0.3, -0.25) is 0 Å². The van der Waals surface area contributed by atoms with E-state index in [2.05, 4.69) is 6.07 Å². The highest BCUT2D eigenvalue weighted by Crippen LogP contribution is 2.12. The van der Waals surface area contributed by atoms with Gasteiger partial charge in [0.25, 0.3) is 0 Å². The van der Waals surface area contributed by atoms with E-state index < -0.39 is 0 Å². The van der Waals surface area contributed by atoms with E-state index in [1.165, 1.54) is 0 Å². The molecular formula is C12H13NO. The van der Waals surface area contributed by atoms with Crippen molar-refractivity contribution in [3.8, 4) is 6.07 Å². The van der Waals surface area contributed by atoms with Gasteiger partial charge in [0.15, 0.2) is 0 Å².